The Bertz CT molecular complexity index is 968. The van der Waals surface area contributed by atoms with Gasteiger partial charge in [0, 0.05) is 18.0 Å². The van der Waals surface area contributed by atoms with Crippen molar-refractivity contribution >= 4 is 33.3 Å². The maximum absolute atomic E-state index is 13.6. The lowest BCUT2D eigenvalue weighted by atomic mass is 10.2. The predicted molar refractivity (Wildman–Crippen MR) is 96.6 cm³/mol. The van der Waals surface area contributed by atoms with E-state index >= 15 is 0 Å². The summed E-state index contributed by atoms with van der Waals surface area (Å²) in [4.78, 5) is 23.0. The van der Waals surface area contributed by atoms with Crippen LogP contribution in [0.5, 0.6) is 0 Å². The second-order valence-corrected chi connectivity index (χ2v) is 7.12. The van der Waals surface area contributed by atoms with E-state index in [1.54, 1.807) is 11.3 Å². The second kappa shape index (κ2) is 6.95. The molecule has 0 unspecified atom stereocenters. The largest absolute Gasteiger partial charge is 0.368 e. The van der Waals surface area contributed by atoms with Gasteiger partial charge in [0.1, 0.15) is 34.2 Å². The normalized spacial score (nSPS) is 13.0. The van der Waals surface area contributed by atoms with Gasteiger partial charge in [0.2, 0.25) is 0 Å². The zero-order chi connectivity index (χ0) is 18.1. The lowest BCUT2D eigenvalue weighted by Crippen LogP contribution is -2.30. The fraction of sp³-hybridized carbons (Fsp3) is 0.278. The van der Waals surface area contributed by atoms with Gasteiger partial charge in [-0.3, -0.25) is 4.79 Å². The molecule has 2 aromatic heterocycles. The van der Waals surface area contributed by atoms with Gasteiger partial charge in [-0.05, 0) is 37.0 Å². The minimum Gasteiger partial charge on any atom is -0.368 e. The number of carbonyl (C=O) groups is 1. The first-order chi connectivity index (χ1) is 12.6. The third-order valence-electron chi connectivity index (χ3n) is 4.39. The molecule has 5 nitrogen and oxygen atoms in total. The molecule has 0 radical (unpaired) electrons. The van der Waals surface area contributed by atoms with E-state index in [0.717, 1.165) is 47.4 Å². The van der Waals surface area contributed by atoms with E-state index in [-0.39, 0.29) is 6.54 Å². The van der Waals surface area contributed by atoms with Crippen LogP contribution < -0.4 is 10.6 Å². The topological polar surface area (TPSA) is 66.9 Å². The number of fused-ring (bicyclic) bond motifs is 3. The van der Waals surface area contributed by atoms with Crippen LogP contribution in [-0.4, -0.2) is 29.0 Å². The van der Waals surface area contributed by atoms with Crippen molar-refractivity contribution in [3.63, 3.8) is 0 Å². The molecular weight excluding hydrogens is 358 g/mol. The minimum absolute atomic E-state index is 0.213. The number of nitrogens with zero attached hydrogens (tertiary/aromatic N) is 2. The summed E-state index contributed by atoms with van der Waals surface area (Å²) in [6.07, 6.45) is 4.78. The second-order valence-electron chi connectivity index (χ2n) is 6.04. The van der Waals surface area contributed by atoms with Gasteiger partial charge in [-0.1, -0.05) is 6.07 Å². The SMILES string of the molecule is O=C(NCCNc1ncnc2sc3c(c12)CCC3)c1c(F)cccc1F. The molecule has 1 aliphatic rings. The Morgan fingerprint density at radius 1 is 1.15 bits per heavy atom. The van der Waals surface area contributed by atoms with Crippen molar-refractivity contribution in [3.8, 4) is 0 Å². The molecular formula is C18H16F2N4OS. The maximum atomic E-state index is 13.6. The molecule has 0 aliphatic heterocycles. The first-order valence-electron chi connectivity index (χ1n) is 8.36. The highest BCUT2D eigenvalue weighted by molar-refractivity contribution is 7.19. The first kappa shape index (κ1) is 16.8. The molecule has 1 aromatic carbocycles. The van der Waals surface area contributed by atoms with E-state index in [0.29, 0.717) is 6.54 Å². The van der Waals surface area contributed by atoms with Gasteiger partial charge >= 0.3 is 0 Å². The van der Waals surface area contributed by atoms with Gasteiger partial charge in [-0.25, -0.2) is 18.7 Å². The molecule has 0 fully saturated rings. The summed E-state index contributed by atoms with van der Waals surface area (Å²) in [6.45, 7) is 0.600. The van der Waals surface area contributed by atoms with Crippen LogP contribution >= 0.6 is 11.3 Å². The molecule has 0 atom stereocenters. The number of thiophene rings is 1. The van der Waals surface area contributed by atoms with Gasteiger partial charge in [-0.2, -0.15) is 0 Å². The maximum Gasteiger partial charge on any atom is 0.257 e. The number of hydrogen-bond acceptors (Lipinski definition) is 5. The number of nitrogens with one attached hydrogen (secondary N) is 2. The van der Waals surface area contributed by atoms with Gasteiger partial charge in [0.05, 0.1) is 5.39 Å². The monoisotopic (exact) mass is 374 g/mol. The molecule has 134 valence electrons. The molecule has 26 heavy (non-hydrogen) atoms. The van der Waals surface area contributed by atoms with Gasteiger partial charge < -0.3 is 10.6 Å². The summed E-state index contributed by atoms with van der Waals surface area (Å²) in [5.41, 5.74) is 0.748. The molecule has 0 saturated carbocycles. The number of aryl methyl sites for hydroxylation is 2. The quantitative estimate of drug-likeness (QED) is 0.673. The van der Waals surface area contributed by atoms with Crippen LogP contribution in [0.2, 0.25) is 0 Å². The molecule has 1 aliphatic carbocycles. The number of rotatable bonds is 5. The van der Waals surface area contributed by atoms with Crippen LogP contribution in [0.3, 0.4) is 0 Å². The Labute approximate surface area is 152 Å². The molecule has 0 spiro atoms. The minimum atomic E-state index is -0.873. The van der Waals surface area contributed by atoms with Crippen LogP contribution in [0.25, 0.3) is 10.2 Å². The highest BCUT2D eigenvalue weighted by atomic mass is 32.1. The molecule has 1 amide bonds. The van der Waals surface area contributed by atoms with E-state index in [2.05, 4.69) is 20.6 Å². The van der Waals surface area contributed by atoms with Crippen LogP contribution in [-0.2, 0) is 12.8 Å². The van der Waals surface area contributed by atoms with Crippen molar-refractivity contribution in [3.05, 3.63) is 52.2 Å². The summed E-state index contributed by atoms with van der Waals surface area (Å²) in [5.74, 6) is -1.78. The molecule has 0 saturated heterocycles. The van der Waals surface area contributed by atoms with Crippen molar-refractivity contribution in [1.82, 2.24) is 15.3 Å². The third-order valence-corrected chi connectivity index (χ3v) is 5.59. The van der Waals surface area contributed by atoms with Crippen molar-refractivity contribution < 1.29 is 13.6 Å². The smallest absolute Gasteiger partial charge is 0.257 e. The molecule has 3 aromatic rings. The number of benzene rings is 1. The van der Waals surface area contributed by atoms with Crippen molar-refractivity contribution in [2.45, 2.75) is 19.3 Å². The zero-order valence-corrected chi connectivity index (χ0v) is 14.6. The van der Waals surface area contributed by atoms with Gasteiger partial charge in [0.25, 0.3) is 5.91 Å². The van der Waals surface area contributed by atoms with E-state index in [1.165, 1.54) is 22.8 Å². The van der Waals surface area contributed by atoms with E-state index in [1.807, 2.05) is 0 Å². The summed E-state index contributed by atoms with van der Waals surface area (Å²) in [5, 5.41) is 6.77. The molecule has 2 N–H and O–H groups in total. The number of carbonyl (C=O) groups excluding carboxylic acids is 1. The lowest BCUT2D eigenvalue weighted by Gasteiger charge is -2.09. The Balaban J connectivity index is 1.41. The molecule has 4 rings (SSSR count). The highest BCUT2D eigenvalue weighted by Gasteiger charge is 2.21. The number of hydrogen-bond donors (Lipinski definition) is 2. The van der Waals surface area contributed by atoms with Crippen LogP contribution in [0.1, 0.15) is 27.2 Å². The summed E-state index contributed by atoms with van der Waals surface area (Å²) >= 11 is 1.70. The summed E-state index contributed by atoms with van der Waals surface area (Å²) < 4.78 is 27.2. The first-order valence-corrected chi connectivity index (χ1v) is 9.18. The van der Waals surface area contributed by atoms with Gasteiger partial charge in [-0.15, -0.1) is 11.3 Å². The Morgan fingerprint density at radius 3 is 2.77 bits per heavy atom. The highest BCUT2D eigenvalue weighted by Crippen LogP contribution is 2.38. The average Bonchev–Trinajstić information content (AvgIpc) is 3.19. The fourth-order valence-electron chi connectivity index (χ4n) is 3.22. The summed E-state index contributed by atoms with van der Waals surface area (Å²) in [6, 6.07) is 3.35. The fourth-order valence-corrected chi connectivity index (χ4v) is 4.45. The lowest BCUT2D eigenvalue weighted by molar-refractivity contribution is 0.0946. The number of halogens is 2. The van der Waals surface area contributed by atoms with Crippen LogP contribution in [0.4, 0.5) is 14.6 Å². The Hall–Kier alpha value is -2.61. The predicted octanol–water partition coefficient (Wildman–Crippen LogP) is 3.30. The van der Waals surface area contributed by atoms with Crippen molar-refractivity contribution in [2.75, 3.05) is 18.4 Å². The van der Waals surface area contributed by atoms with Crippen LogP contribution in [0.15, 0.2) is 24.5 Å². The average molecular weight is 374 g/mol. The molecule has 8 heteroatoms. The number of aromatic nitrogens is 2. The van der Waals surface area contributed by atoms with E-state index < -0.39 is 23.1 Å². The summed E-state index contributed by atoms with van der Waals surface area (Å²) in [7, 11) is 0. The van der Waals surface area contributed by atoms with E-state index in [4.69, 9.17) is 0 Å². The number of amides is 1. The molecule has 2 heterocycles. The third kappa shape index (κ3) is 3.01. The standard InChI is InChI=1S/C18H16F2N4OS/c19-11-4-2-5-12(20)15(11)17(25)22-8-7-21-16-14-10-3-1-6-13(10)26-18(14)24-9-23-16/h2,4-5,9H,1,3,6-8H2,(H,22,25)(H,21,23,24). The Kier molecular flexibility index (Phi) is 4.50. The van der Waals surface area contributed by atoms with Crippen molar-refractivity contribution in [2.24, 2.45) is 0 Å². The van der Waals surface area contributed by atoms with Crippen molar-refractivity contribution in [1.29, 1.82) is 0 Å². The van der Waals surface area contributed by atoms with E-state index in [9.17, 15) is 13.6 Å². The molecule has 0 bridgehead atoms. The van der Waals surface area contributed by atoms with Gasteiger partial charge in [0.15, 0.2) is 0 Å². The Morgan fingerprint density at radius 2 is 1.96 bits per heavy atom. The van der Waals surface area contributed by atoms with Crippen LogP contribution in [0, 0.1) is 11.6 Å². The zero-order valence-electron chi connectivity index (χ0n) is 13.8. The number of anilines is 1.